The van der Waals surface area contributed by atoms with E-state index < -0.39 is 0 Å². The van der Waals surface area contributed by atoms with Gasteiger partial charge in [-0.2, -0.15) is 0 Å². The molecule has 1 aromatic heterocycles. The average molecular weight is 271 g/mol. The van der Waals surface area contributed by atoms with Gasteiger partial charge in [-0.25, -0.2) is 0 Å². The lowest BCUT2D eigenvalue weighted by molar-refractivity contribution is -0.128. The Balaban J connectivity index is 1.77. The van der Waals surface area contributed by atoms with Crippen LogP contribution in [-0.4, -0.2) is 18.1 Å². The van der Waals surface area contributed by atoms with Gasteiger partial charge in [-0.15, -0.1) is 0 Å². The molecule has 20 heavy (non-hydrogen) atoms. The largest absolute Gasteiger partial charge is 0.467 e. The molecular weight excluding hydrogens is 250 g/mol. The van der Waals surface area contributed by atoms with Crippen LogP contribution in [0.5, 0.6) is 0 Å². The number of benzene rings is 1. The highest BCUT2D eigenvalue weighted by Crippen LogP contribution is 2.34. The van der Waals surface area contributed by atoms with Crippen LogP contribution in [0.2, 0.25) is 0 Å². The van der Waals surface area contributed by atoms with Crippen molar-refractivity contribution >= 4 is 17.4 Å². The third kappa shape index (κ3) is 2.87. The van der Waals surface area contributed by atoms with Gasteiger partial charge >= 0.3 is 0 Å². The van der Waals surface area contributed by atoms with Crippen LogP contribution in [0.3, 0.4) is 0 Å². The van der Waals surface area contributed by atoms with Crippen LogP contribution in [0.15, 0.2) is 24.3 Å². The molecule has 1 aliphatic rings. The fourth-order valence-corrected chi connectivity index (χ4v) is 3.25. The Morgan fingerprint density at radius 3 is 2.85 bits per heavy atom. The van der Waals surface area contributed by atoms with E-state index in [1.54, 1.807) is 0 Å². The SMILES string of the molecule is O=COCCc1cc2cc(C3CCCCC3)ccc2[nH]1. The minimum atomic E-state index is 0.436. The van der Waals surface area contributed by atoms with Gasteiger partial charge in [0.15, 0.2) is 0 Å². The number of carbonyl (C=O) groups excluding carboxylic acids is 1. The molecule has 3 heteroatoms. The third-order valence-corrected chi connectivity index (χ3v) is 4.33. The quantitative estimate of drug-likeness (QED) is 0.661. The molecule has 0 amide bonds. The maximum Gasteiger partial charge on any atom is 0.293 e. The van der Waals surface area contributed by atoms with E-state index in [1.807, 2.05) is 0 Å². The summed E-state index contributed by atoms with van der Waals surface area (Å²) in [4.78, 5) is 13.5. The molecule has 2 aromatic rings. The first kappa shape index (κ1) is 13.2. The number of carbonyl (C=O) groups is 1. The van der Waals surface area contributed by atoms with Crippen molar-refractivity contribution in [2.45, 2.75) is 44.4 Å². The Morgan fingerprint density at radius 2 is 2.05 bits per heavy atom. The second-order valence-corrected chi connectivity index (χ2v) is 5.69. The molecular formula is C17H21NO2. The summed E-state index contributed by atoms with van der Waals surface area (Å²) in [6.45, 7) is 0.940. The minimum Gasteiger partial charge on any atom is -0.467 e. The van der Waals surface area contributed by atoms with Gasteiger partial charge in [-0.05, 0) is 47.9 Å². The molecule has 1 fully saturated rings. The van der Waals surface area contributed by atoms with E-state index in [9.17, 15) is 4.79 Å². The van der Waals surface area contributed by atoms with Gasteiger partial charge < -0.3 is 9.72 Å². The maximum absolute atomic E-state index is 10.2. The van der Waals surface area contributed by atoms with Crippen molar-refractivity contribution in [2.24, 2.45) is 0 Å². The van der Waals surface area contributed by atoms with E-state index in [4.69, 9.17) is 4.74 Å². The number of hydrogen-bond acceptors (Lipinski definition) is 2. The highest BCUT2D eigenvalue weighted by Gasteiger charge is 2.15. The minimum absolute atomic E-state index is 0.436. The first-order valence-corrected chi connectivity index (χ1v) is 7.53. The molecule has 0 aliphatic heterocycles. The normalized spacial score (nSPS) is 16.4. The van der Waals surface area contributed by atoms with E-state index in [-0.39, 0.29) is 0 Å². The number of aromatic nitrogens is 1. The number of hydrogen-bond donors (Lipinski definition) is 1. The standard InChI is InChI=1S/C17H21NO2/c19-12-20-9-8-16-11-15-10-14(6-7-17(15)18-16)13-4-2-1-3-5-13/h6-7,10-13,18H,1-5,8-9H2. The van der Waals surface area contributed by atoms with Gasteiger partial charge in [0.2, 0.25) is 0 Å². The molecule has 3 nitrogen and oxygen atoms in total. The topological polar surface area (TPSA) is 42.1 Å². The molecule has 0 radical (unpaired) electrons. The van der Waals surface area contributed by atoms with Crippen molar-refractivity contribution in [3.8, 4) is 0 Å². The number of fused-ring (bicyclic) bond motifs is 1. The predicted octanol–water partition coefficient (Wildman–Crippen LogP) is 3.93. The molecule has 106 valence electrons. The van der Waals surface area contributed by atoms with E-state index >= 15 is 0 Å². The van der Waals surface area contributed by atoms with Gasteiger partial charge in [-0.1, -0.05) is 25.3 Å². The van der Waals surface area contributed by atoms with Crippen molar-refractivity contribution in [1.29, 1.82) is 0 Å². The Labute approximate surface area is 119 Å². The van der Waals surface area contributed by atoms with Gasteiger partial charge in [0.05, 0.1) is 6.61 Å². The van der Waals surface area contributed by atoms with Crippen LogP contribution in [-0.2, 0) is 16.0 Å². The lowest BCUT2D eigenvalue weighted by Crippen LogP contribution is -2.03. The highest BCUT2D eigenvalue weighted by atomic mass is 16.5. The van der Waals surface area contributed by atoms with Crippen LogP contribution in [0, 0.1) is 0 Å². The fourth-order valence-electron chi connectivity index (χ4n) is 3.25. The Hall–Kier alpha value is -1.77. The molecule has 0 spiro atoms. The van der Waals surface area contributed by atoms with E-state index in [1.165, 1.54) is 48.6 Å². The number of rotatable bonds is 5. The van der Waals surface area contributed by atoms with E-state index in [0.717, 1.165) is 18.0 Å². The zero-order valence-electron chi connectivity index (χ0n) is 11.7. The second-order valence-electron chi connectivity index (χ2n) is 5.69. The van der Waals surface area contributed by atoms with Crippen molar-refractivity contribution < 1.29 is 9.53 Å². The lowest BCUT2D eigenvalue weighted by atomic mass is 9.84. The predicted molar refractivity (Wildman–Crippen MR) is 79.8 cm³/mol. The van der Waals surface area contributed by atoms with Crippen LogP contribution in [0.4, 0.5) is 0 Å². The van der Waals surface area contributed by atoms with Crippen molar-refractivity contribution in [3.05, 3.63) is 35.5 Å². The van der Waals surface area contributed by atoms with Crippen molar-refractivity contribution in [1.82, 2.24) is 4.98 Å². The Kier molecular flexibility index (Phi) is 4.05. The fraction of sp³-hybridized carbons (Fsp3) is 0.471. The molecule has 0 unspecified atom stereocenters. The van der Waals surface area contributed by atoms with Crippen LogP contribution in [0.1, 0.15) is 49.3 Å². The summed E-state index contributed by atoms with van der Waals surface area (Å²) in [5, 5.41) is 1.27. The summed E-state index contributed by atoms with van der Waals surface area (Å²) in [6.07, 6.45) is 7.52. The molecule has 0 saturated heterocycles. The molecule has 1 saturated carbocycles. The maximum atomic E-state index is 10.2. The average Bonchev–Trinajstić information content (AvgIpc) is 2.90. The van der Waals surface area contributed by atoms with Crippen LogP contribution in [0.25, 0.3) is 10.9 Å². The molecule has 0 bridgehead atoms. The first-order valence-electron chi connectivity index (χ1n) is 7.53. The van der Waals surface area contributed by atoms with E-state index in [0.29, 0.717) is 13.1 Å². The summed E-state index contributed by atoms with van der Waals surface area (Å²) in [5.41, 5.74) is 3.78. The van der Waals surface area contributed by atoms with Crippen molar-refractivity contribution in [2.75, 3.05) is 6.61 Å². The van der Waals surface area contributed by atoms with Crippen molar-refractivity contribution in [3.63, 3.8) is 0 Å². The Bertz CT molecular complexity index is 582. The molecule has 1 aromatic carbocycles. The molecule has 3 rings (SSSR count). The summed E-state index contributed by atoms with van der Waals surface area (Å²) in [6, 6.07) is 8.95. The zero-order chi connectivity index (χ0) is 13.8. The van der Waals surface area contributed by atoms with Gasteiger partial charge in [0, 0.05) is 17.6 Å². The third-order valence-electron chi connectivity index (χ3n) is 4.33. The highest BCUT2D eigenvalue weighted by molar-refractivity contribution is 5.81. The molecule has 1 aliphatic carbocycles. The Morgan fingerprint density at radius 1 is 1.20 bits per heavy atom. The summed E-state index contributed by atoms with van der Waals surface area (Å²) >= 11 is 0. The monoisotopic (exact) mass is 271 g/mol. The first-order chi connectivity index (χ1) is 9.86. The molecule has 1 heterocycles. The number of aromatic amines is 1. The number of H-pyrrole nitrogens is 1. The summed E-state index contributed by atoms with van der Waals surface area (Å²) in [5.74, 6) is 0.741. The van der Waals surface area contributed by atoms with Gasteiger partial charge in [0.1, 0.15) is 0 Å². The zero-order valence-corrected chi connectivity index (χ0v) is 11.7. The van der Waals surface area contributed by atoms with Crippen LogP contribution >= 0.6 is 0 Å². The lowest BCUT2D eigenvalue weighted by Gasteiger charge is -2.21. The molecule has 1 N–H and O–H groups in total. The van der Waals surface area contributed by atoms with Gasteiger partial charge in [-0.3, -0.25) is 4.79 Å². The van der Waals surface area contributed by atoms with Gasteiger partial charge in [0.25, 0.3) is 6.47 Å². The second kappa shape index (κ2) is 6.12. The molecule has 0 atom stereocenters. The number of nitrogens with one attached hydrogen (secondary N) is 1. The number of ether oxygens (including phenoxy) is 1. The van der Waals surface area contributed by atoms with Crippen LogP contribution < -0.4 is 0 Å². The summed E-state index contributed by atoms with van der Waals surface area (Å²) in [7, 11) is 0. The summed E-state index contributed by atoms with van der Waals surface area (Å²) < 4.78 is 4.75. The van der Waals surface area contributed by atoms with E-state index in [2.05, 4.69) is 29.2 Å². The smallest absolute Gasteiger partial charge is 0.293 e.